The van der Waals surface area contributed by atoms with Crippen LogP contribution in [-0.2, 0) is 0 Å². The van der Waals surface area contributed by atoms with Gasteiger partial charge in [0.1, 0.15) is 0 Å². The number of benzene rings is 3. The first-order valence-electron chi connectivity index (χ1n) is 9.16. The Morgan fingerprint density at radius 3 is 2.00 bits per heavy atom. The first-order chi connectivity index (χ1) is 13.6. The maximum atomic E-state index is 7.36. The van der Waals surface area contributed by atoms with Crippen molar-refractivity contribution >= 4 is 5.69 Å². The molecule has 0 spiro atoms. The number of aromatic nitrogens is 3. The third-order valence-electron chi connectivity index (χ3n) is 4.91. The summed E-state index contributed by atoms with van der Waals surface area (Å²) in [5.74, 6) is 1.60. The Hall–Kier alpha value is -3.71. The van der Waals surface area contributed by atoms with Crippen LogP contribution in [0.1, 0.15) is 16.7 Å². The van der Waals surface area contributed by atoms with Gasteiger partial charge in [0, 0.05) is 11.1 Å². The zero-order chi connectivity index (χ0) is 19.7. The lowest BCUT2D eigenvalue weighted by atomic mass is 10.0. The van der Waals surface area contributed by atoms with E-state index in [2.05, 4.69) is 38.7 Å². The van der Waals surface area contributed by atoms with E-state index in [0.717, 1.165) is 45.2 Å². The van der Waals surface area contributed by atoms with Gasteiger partial charge in [0.2, 0.25) is 0 Å². The van der Waals surface area contributed by atoms with Crippen molar-refractivity contribution in [2.45, 2.75) is 20.8 Å². The van der Waals surface area contributed by atoms with Crippen LogP contribution < -0.4 is 0 Å². The summed E-state index contributed by atoms with van der Waals surface area (Å²) in [6.45, 7) is 13.5. The Labute approximate surface area is 164 Å². The quantitative estimate of drug-likeness (QED) is 0.413. The van der Waals surface area contributed by atoms with E-state index in [1.807, 2.05) is 68.4 Å². The van der Waals surface area contributed by atoms with Crippen molar-refractivity contribution in [1.29, 1.82) is 0 Å². The molecular formula is C24H20N4. The van der Waals surface area contributed by atoms with Crippen molar-refractivity contribution in [3.8, 4) is 28.5 Å². The van der Waals surface area contributed by atoms with Crippen LogP contribution in [0.4, 0.5) is 5.69 Å². The van der Waals surface area contributed by atoms with Gasteiger partial charge >= 0.3 is 0 Å². The molecule has 1 heterocycles. The summed E-state index contributed by atoms with van der Waals surface area (Å²) >= 11 is 0. The fourth-order valence-electron chi connectivity index (χ4n) is 3.62. The molecule has 0 aliphatic rings. The fourth-order valence-corrected chi connectivity index (χ4v) is 3.62. The van der Waals surface area contributed by atoms with E-state index in [4.69, 9.17) is 6.57 Å². The second-order valence-corrected chi connectivity index (χ2v) is 6.90. The van der Waals surface area contributed by atoms with Crippen molar-refractivity contribution in [1.82, 2.24) is 14.8 Å². The molecule has 4 heteroatoms. The number of rotatable bonds is 3. The summed E-state index contributed by atoms with van der Waals surface area (Å²) in [5.41, 5.74) is 6.91. The summed E-state index contributed by atoms with van der Waals surface area (Å²) in [6, 6.07) is 22.1. The summed E-state index contributed by atoms with van der Waals surface area (Å²) in [7, 11) is 0. The van der Waals surface area contributed by atoms with Crippen LogP contribution in [0, 0.1) is 27.3 Å². The van der Waals surface area contributed by atoms with Gasteiger partial charge in [0.15, 0.2) is 17.3 Å². The Morgan fingerprint density at radius 1 is 0.750 bits per heavy atom. The van der Waals surface area contributed by atoms with Gasteiger partial charge in [0.25, 0.3) is 0 Å². The highest BCUT2D eigenvalue weighted by molar-refractivity contribution is 5.71. The minimum Gasteiger partial charge on any atom is -0.275 e. The Bertz CT molecular complexity index is 1170. The Balaban J connectivity index is 2.07. The molecule has 0 atom stereocenters. The van der Waals surface area contributed by atoms with E-state index in [9.17, 15) is 0 Å². The normalized spacial score (nSPS) is 10.6. The SMILES string of the molecule is [C-]#[N+]c1cc(C)c(-n2c(-c3ccccc3)nnc2-c2ccccc2C)c(C)c1. The summed E-state index contributed by atoms with van der Waals surface area (Å²) in [5, 5.41) is 9.13. The molecule has 0 radical (unpaired) electrons. The van der Waals surface area contributed by atoms with Crippen LogP contribution in [-0.4, -0.2) is 14.8 Å². The molecule has 3 aromatic carbocycles. The molecule has 0 amide bonds. The minimum absolute atomic E-state index is 0.644. The minimum atomic E-state index is 0.644. The van der Waals surface area contributed by atoms with Crippen molar-refractivity contribution in [2.24, 2.45) is 0 Å². The van der Waals surface area contributed by atoms with E-state index in [-0.39, 0.29) is 0 Å². The standard InChI is InChI=1S/C24H20N4/c1-16-10-8-9-13-21(16)24-27-26-23(19-11-6-5-7-12-19)28(24)22-17(2)14-20(25-4)15-18(22)3/h5-15H,1-3H3. The van der Waals surface area contributed by atoms with Crippen LogP contribution in [0.25, 0.3) is 33.3 Å². The Kier molecular flexibility index (Phi) is 4.50. The molecule has 1 aromatic heterocycles. The average Bonchev–Trinajstić information content (AvgIpc) is 3.12. The van der Waals surface area contributed by atoms with E-state index in [1.54, 1.807) is 0 Å². The van der Waals surface area contributed by atoms with Gasteiger partial charge in [-0.15, -0.1) is 10.2 Å². The van der Waals surface area contributed by atoms with Crippen molar-refractivity contribution in [3.63, 3.8) is 0 Å². The first kappa shape index (κ1) is 17.7. The molecule has 0 N–H and O–H groups in total. The zero-order valence-electron chi connectivity index (χ0n) is 16.1. The number of aryl methyl sites for hydroxylation is 3. The molecular weight excluding hydrogens is 344 g/mol. The lowest BCUT2D eigenvalue weighted by Crippen LogP contribution is -2.05. The molecule has 0 saturated heterocycles. The Morgan fingerprint density at radius 2 is 1.36 bits per heavy atom. The van der Waals surface area contributed by atoms with Crippen molar-refractivity contribution in [3.05, 3.63) is 94.8 Å². The maximum Gasteiger partial charge on any atom is 0.187 e. The van der Waals surface area contributed by atoms with Crippen molar-refractivity contribution < 1.29 is 0 Å². The molecule has 0 bridgehead atoms. The maximum absolute atomic E-state index is 7.36. The molecule has 0 aliphatic carbocycles. The second kappa shape index (κ2) is 7.13. The van der Waals surface area contributed by atoms with E-state index in [1.165, 1.54) is 0 Å². The molecule has 0 unspecified atom stereocenters. The molecule has 0 saturated carbocycles. The van der Waals surface area contributed by atoms with Crippen LogP contribution >= 0.6 is 0 Å². The van der Waals surface area contributed by atoms with Gasteiger partial charge in [-0.3, -0.25) is 4.57 Å². The van der Waals surface area contributed by atoms with Crippen LogP contribution in [0.5, 0.6) is 0 Å². The highest BCUT2D eigenvalue weighted by atomic mass is 15.3. The molecule has 0 aliphatic heterocycles. The molecule has 0 fully saturated rings. The van der Waals surface area contributed by atoms with Gasteiger partial charge in [-0.2, -0.15) is 0 Å². The largest absolute Gasteiger partial charge is 0.275 e. The monoisotopic (exact) mass is 364 g/mol. The van der Waals surface area contributed by atoms with Crippen LogP contribution in [0.2, 0.25) is 0 Å². The second-order valence-electron chi connectivity index (χ2n) is 6.90. The number of nitrogens with zero attached hydrogens (tertiary/aromatic N) is 4. The topological polar surface area (TPSA) is 35.1 Å². The van der Waals surface area contributed by atoms with E-state index >= 15 is 0 Å². The molecule has 4 aromatic rings. The summed E-state index contributed by atoms with van der Waals surface area (Å²) < 4.78 is 2.12. The highest BCUT2D eigenvalue weighted by Gasteiger charge is 2.21. The smallest absolute Gasteiger partial charge is 0.187 e. The lowest BCUT2D eigenvalue weighted by Gasteiger charge is -2.17. The first-order valence-corrected chi connectivity index (χ1v) is 9.16. The van der Waals surface area contributed by atoms with E-state index < -0.39 is 0 Å². The lowest BCUT2D eigenvalue weighted by molar-refractivity contribution is 1.04. The fraction of sp³-hybridized carbons (Fsp3) is 0.125. The summed E-state index contributed by atoms with van der Waals surface area (Å²) in [4.78, 5) is 3.60. The zero-order valence-corrected chi connectivity index (χ0v) is 16.1. The van der Waals surface area contributed by atoms with E-state index in [0.29, 0.717) is 5.69 Å². The van der Waals surface area contributed by atoms with Crippen LogP contribution in [0.3, 0.4) is 0 Å². The van der Waals surface area contributed by atoms with Crippen molar-refractivity contribution in [2.75, 3.05) is 0 Å². The van der Waals surface area contributed by atoms with Gasteiger partial charge in [0.05, 0.1) is 12.3 Å². The highest BCUT2D eigenvalue weighted by Crippen LogP contribution is 2.34. The van der Waals surface area contributed by atoms with Crippen LogP contribution in [0.15, 0.2) is 66.7 Å². The number of hydrogen-bond donors (Lipinski definition) is 0. The molecule has 4 nitrogen and oxygen atoms in total. The molecule has 28 heavy (non-hydrogen) atoms. The van der Waals surface area contributed by atoms with Gasteiger partial charge in [-0.05, 0) is 37.5 Å². The van der Waals surface area contributed by atoms with Gasteiger partial charge in [-0.1, -0.05) is 66.7 Å². The molecule has 4 rings (SSSR count). The third kappa shape index (κ3) is 2.97. The average molecular weight is 364 g/mol. The predicted molar refractivity (Wildman–Crippen MR) is 113 cm³/mol. The molecule has 136 valence electrons. The number of hydrogen-bond acceptors (Lipinski definition) is 2. The third-order valence-corrected chi connectivity index (χ3v) is 4.91. The summed E-state index contributed by atoms with van der Waals surface area (Å²) in [6.07, 6.45) is 0. The predicted octanol–water partition coefficient (Wildman–Crippen LogP) is 6.08. The van der Waals surface area contributed by atoms with Gasteiger partial charge < -0.3 is 0 Å². The van der Waals surface area contributed by atoms with Gasteiger partial charge in [-0.25, -0.2) is 4.85 Å².